The monoisotopic (exact) mass is 903 g/mol. The minimum absolute atomic E-state index is 0.349. The van der Waals surface area contributed by atoms with E-state index < -0.39 is 0 Å². The van der Waals surface area contributed by atoms with E-state index in [2.05, 4.69) is 106 Å². The van der Waals surface area contributed by atoms with Gasteiger partial charge in [-0.15, -0.1) is 0 Å². The molecule has 3 aliphatic carbocycles. The number of hydrogen-bond acceptors (Lipinski definition) is 10. The second kappa shape index (κ2) is 25.5. The molecule has 10 nitrogen and oxygen atoms in total. The summed E-state index contributed by atoms with van der Waals surface area (Å²) in [5.41, 5.74) is 0.424. The Kier molecular flexibility index (Phi) is 21.7. The van der Waals surface area contributed by atoms with Gasteiger partial charge in [0, 0.05) is 95.7 Å². The fraction of sp³-hybridized carbons (Fsp3) is 1.00. The maximum Gasteiger partial charge on any atom is 0.0718 e. The van der Waals surface area contributed by atoms with Gasteiger partial charge in [-0.05, 0) is 146 Å². The molecular weight excluding hydrogens is 797 g/mol. The Morgan fingerprint density at radius 2 is 1.09 bits per heavy atom. The van der Waals surface area contributed by atoms with E-state index in [1.165, 1.54) is 91.3 Å². The van der Waals surface area contributed by atoms with E-state index in [9.17, 15) is 0 Å². The van der Waals surface area contributed by atoms with Crippen LogP contribution in [-0.2, 0) is 14.2 Å². The third kappa shape index (κ3) is 15.1. The van der Waals surface area contributed by atoms with Crippen molar-refractivity contribution in [2.24, 2.45) is 59.2 Å². The van der Waals surface area contributed by atoms with Gasteiger partial charge in [-0.3, -0.25) is 19.6 Å². The molecule has 0 aromatic heterocycles. The molecule has 0 radical (unpaired) electrons. The maximum atomic E-state index is 8.63. The SMILES string of the molecule is CC.CC.CC(C)(C)N1CC2CC2C1.CC(C)C1CN(C2COC2)C1.CC(C)N1CCC1.CC(C)N1C[C@@H]2CC1CO2.CC1C2CN(C3COC3)C[C@@H]12.CC1C2CN(CCCO)C[C@@H]12. The van der Waals surface area contributed by atoms with Crippen molar-refractivity contribution in [2.45, 2.75) is 171 Å². The summed E-state index contributed by atoms with van der Waals surface area (Å²) in [6.45, 7) is 54.3. The van der Waals surface area contributed by atoms with E-state index in [0.717, 1.165) is 129 Å². The molecule has 12 rings (SSSR count). The summed E-state index contributed by atoms with van der Waals surface area (Å²) in [7, 11) is 0. The van der Waals surface area contributed by atoms with E-state index in [1.54, 1.807) is 0 Å². The first-order chi connectivity index (χ1) is 30.6. The molecule has 1 N–H and O–H groups in total. The zero-order chi connectivity index (χ0) is 46.9. The average Bonchev–Trinajstić information content (AvgIpc) is 3.79. The van der Waals surface area contributed by atoms with Gasteiger partial charge in [0.15, 0.2) is 0 Å². The number of ether oxygens (including phenoxy) is 3. The lowest BCUT2D eigenvalue weighted by molar-refractivity contribution is -0.107. The Bertz CT molecular complexity index is 1260. The van der Waals surface area contributed by atoms with E-state index in [-0.39, 0.29) is 0 Å². The molecular formula is C54H106N6O4. The van der Waals surface area contributed by atoms with Crippen molar-refractivity contribution >= 4 is 0 Å². The third-order valence-electron chi connectivity index (χ3n) is 17.3. The summed E-state index contributed by atoms with van der Waals surface area (Å²) in [6, 6.07) is 3.79. The van der Waals surface area contributed by atoms with Crippen molar-refractivity contribution in [2.75, 3.05) is 118 Å². The van der Waals surface area contributed by atoms with Gasteiger partial charge in [-0.2, -0.15) is 0 Å². The summed E-state index contributed by atoms with van der Waals surface area (Å²) < 4.78 is 15.8. The molecule has 10 heteroatoms. The van der Waals surface area contributed by atoms with Crippen molar-refractivity contribution in [3.05, 3.63) is 0 Å². The van der Waals surface area contributed by atoms with Gasteiger partial charge in [-0.1, -0.05) is 55.4 Å². The molecule has 0 spiro atoms. The first kappa shape index (κ1) is 54.5. The van der Waals surface area contributed by atoms with Gasteiger partial charge in [-0.25, -0.2) is 0 Å². The lowest BCUT2D eigenvalue weighted by atomic mass is 9.87. The Balaban J connectivity index is 0.000000143. The fourth-order valence-electron chi connectivity index (χ4n) is 11.5. The summed E-state index contributed by atoms with van der Waals surface area (Å²) >= 11 is 0. The highest BCUT2D eigenvalue weighted by Crippen LogP contribution is 2.52. The standard InChI is InChI=1S/C9H15NO.2C9H17NO.C9H17N.C8H15NO.C6H13N.2C2H6/c1-6-8-2-10(3-9(6)8)7-4-11-5-7;1-7(2)8-3-10(4-8)9-5-11-6-9;1-7-8-5-10(3-2-4-11)6-9(7)8;1-9(2,3)10-5-7-4-8(7)6-10;1-6(2)9-4-8-3-7(9)5-10-8;1-6(2)7-4-3-5-7;2*1-2/h6-9H,2-5H2,1H3;7-9H,3-6H2,1-2H3;7-9,11H,2-6H2,1H3;7-8H,4-6H2,1-3H3;6-8H,3-5H2,1-2H3;6H,3-5H2,1-2H3;2*1-2H3/t6?,8-,9?;;7?,8-,9?;;7?,8-;;;/m0.0.0.../s1. The molecule has 3 saturated carbocycles. The molecule has 376 valence electrons. The minimum Gasteiger partial charge on any atom is -0.396 e. The van der Waals surface area contributed by atoms with Crippen LogP contribution in [0.15, 0.2) is 0 Å². The van der Waals surface area contributed by atoms with Gasteiger partial charge >= 0.3 is 0 Å². The summed E-state index contributed by atoms with van der Waals surface area (Å²) in [5.74, 6) is 10.1. The van der Waals surface area contributed by atoms with Crippen LogP contribution in [0.1, 0.15) is 130 Å². The number of nitrogens with zero attached hydrogens (tertiary/aromatic N) is 6. The lowest BCUT2D eigenvalue weighted by Gasteiger charge is -2.48. The van der Waals surface area contributed by atoms with Crippen LogP contribution >= 0.6 is 0 Å². The summed E-state index contributed by atoms with van der Waals surface area (Å²) in [5, 5.41) is 8.63. The molecule has 9 aliphatic heterocycles. The van der Waals surface area contributed by atoms with Gasteiger partial charge in [0.1, 0.15) is 0 Å². The molecule has 9 saturated heterocycles. The number of rotatable bonds is 8. The van der Waals surface area contributed by atoms with E-state index in [1.807, 2.05) is 27.7 Å². The Labute approximate surface area is 396 Å². The minimum atomic E-state index is 0.349. The van der Waals surface area contributed by atoms with E-state index >= 15 is 0 Å². The van der Waals surface area contributed by atoms with Crippen LogP contribution in [0.5, 0.6) is 0 Å². The Hall–Kier alpha value is -0.400. The predicted molar refractivity (Wildman–Crippen MR) is 268 cm³/mol. The topological polar surface area (TPSA) is 67.4 Å². The van der Waals surface area contributed by atoms with E-state index in [0.29, 0.717) is 24.3 Å². The highest BCUT2D eigenvalue weighted by molar-refractivity contribution is 5.05. The first-order valence-electron chi connectivity index (χ1n) is 27.4. The summed E-state index contributed by atoms with van der Waals surface area (Å²) in [6.07, 6.45) is 5.73. The van der Waals surface area contributed by atoms with Gasteiger partial charge in [0.2, 0.25) is 0 Å². The first-order valence-corrected chi connectivity index (χ1v) is 27.4. The zero-order valence-corrected chi connectivity index (χ0v) is 44.6. The zero-order valence-electron chi connectivity index (χ0n) is 44.6. The lowest BCUT2D eigenvalue weighted by Crippen LogP contribution is -2.60. The van der Waals surface area contributed by atoms with Crippen molar-refractivity contribution in [1.29, 1.82) is 0 Å². The Morgan fingerprint density at radius 3 is 1.39 bits per heavy atom. The number of piperidine rings is 3. The quantitative estimate of drug-likeness (QED) is 0.261. The molecule has 12 fully saturated rings. The summed E-state index contributed by atoms with van der Waals surface area (Å²) in [4.78, 5) is 15.3. The van der Waals surface area contributed by atoms with Crippen molar-refractivity contribution in [1.82, 2.24) is 29.4 Å². The van der Waals surface area contributed by atoms with Crippen LogP contribution in [0.4, 0.5) is 0 Å². The fourth-order valence-corrected chi connectivity index (χ4v) is 11.5. The highest BCUT2D eigenvalue weighted by Gasteiger charge is 2.54. The van der Waals surface area contributed by atoms with Crippen LogP contribution in [0.3, 0.4) is 0 Å². The number of aliphatic hydroxyl groups excluding tert-OH is 1. The van der Waals surface area contributed by atoms with Crippen LogP contribution in [-0.4, -0.2) is 195 Å². The predicted octanol–water partition coefficient (Wildman–Crippen LogP) is 7.88. The average molecular weight is 903 g/mol. The molecule has 0 amide bonds. The van der Waals surface area contributed by atoms with Crippen LogP contribution in [0, 0.1) is 59.2 Å². The second-order valence-electron chi connectivity index (χ2n) is 23.5. The second-order valence-corrected chi connectivity index (χ2v) is 23.5. The third-order valence-corrected chi connectivity index (χ3v) is 17.3. The van der Waals surface area contributed by atoms with Crippen LogP contribution in [0.2, 0.25) is 0 Å². The number of fused-ring (bicyclic) bond motifs is 5. The molecule has 7 unspecified atom stereocenters. The maximum absolute atomic E-state index is 8.63. The normalized spacial score (nSPS) is 36.0. The molecule has 0 aromatic carbocycles. The number of aliphatic hydroxyl groups is 1. The molecule has 12 aliphatic rings. The smallest absolute Gasteiger partial charge is 0.0718 e. The van der Waals surface area contributed by atoms with Crippen LogP contribution < -0.4 is 0 Å². The van der Waals surface area contributed by atoms with Crippen molar-refractivity contribution in [3.63, 3.8) is 0 Å². The number of hydrogen-bond donors (Lipinski definition) is 1. The largest absolute Gasteiger partial charge is 0.396 e. The number of morpholine rings is 1. The molecule has 64 heavy (non-hydrogen) atoms. The van der Waals surface area contributed by atoms with E-state index in [4.69, 9.17) is 19.3 Å². The molecule has 10 atom stereocenters. The number of likely N-dealkylation sites (tertiary alicyclic amines) is 6. The van der Waals surface area contributed by atoms with Crippen LogP contribution in [0.25, 0.3) is 0 Å². The van der Waals surface area contributed by atoms with Crippen molar-refractivity contribution < 1.29 is 19.3 Å². The molecule has 9 heterocycles. The molecule has 2 bridgehead atoms. The molecule has 0 aromatic rings. The van der Waals surface area contributed by atoms with Gasteiger partial charge in [0.05, 0.1) is 51.2 Å². The van der Waals surface area contributed by atoms with Crippen molar-refractivity contribution in [3.8, 4) is 0 Å². The van der Waals surface area contributed by atoms with Gasteiger partial charge in [0.25, 0.3) is 0 Å². The highest BCUT2D eigenvalue weighted by atomic mass is 16.5. The van der Waals surface area contributed by atoms with Gasteiger partial charge < -0.3 is 29.1 Å². The Morgan fingerprint density at radius 1 is 0.594 bits per heavy atom.